The molecule has 0 saturated carbocycles. The van der Waals surface area contributed by atoms with E-state index in [9.17, 15) is 19.4 Å². The number of nitrogens with zero attached hydrogens (tertiary/aromatic N) is 1. The Bertz CT molecular complexity index is 1730. The molecule has 0 rings (SSSR count). The number of phosphoric acid groups is 1. The third-order valence-electron chi connectivity index (χ3n) is 16.3. The maximum absolute atomic E-state index is 13.1. The van der Waals surface area contributed by atoms with Crippen molar-refractivity contribution in [2.24, 2.45) is 0 Å². The zero-order chi connectivity index (χ0) is 62.6. The summed E-state index contributed by atoms with van der Waals surface area (Å²) in [4.78, 5) is 25.7. The van der Waals surface area contributed by atoms with E-state index in [1.54, 1.807) is 0 Å². The largest absolute Gasteiger partial charge is 0.756 e. The van der Waals surface area contributed by atoms with Crippen LogP contribution in [0.25, 0.3) is 0 Å². The van der Waals surface area contributed by atoms with E-state index in [2.05, 4.69) is 116 Å². The van der Waals surface area contributed by atoms with E-state index in [1.807, 2.05) is 21.1 Å². The lowest BCUT2D eigenvalue weighted by Gasteiger charge is -2.30. The molecular formula is C77H141N2O6P. The highest BCUT2D eigenvalue weighted by molar-refractivity contribution is 7.45. The summed E-state index contributed by atoms with van der Waals surface area (Å²) in [7, 11) is 1.30. The van der Waals surface area contributed by atoms with Crippen LogP contribution in [0, 0.1) is 0 Å². The van der Waals surface area contributed by atoms with Gasteiger partial charge in [0.05, 0.1) is 39.9 Å². The summed E-state index contributed by atoms with van der Waals surface area (Å²) in [5.74, 6) is -0.168. The second-order valence-corrected chi connectivity index (χ2v) is 27.3. The van der Waals surface area contributed by atoms with Crippen molar-refractivity contribution in [2.45, 2.75) is 347 Å². The zero-order valence-corrected chi connectivity index (χ0v) is 58.1. The first kappa shape index (κ1) is 83.4. The van der Waals surface area contributed by atoms with E-state index in [1.165, 1.54) is 212 Å². The number of carbonyl (C=O) groups excluding carboxylic acids is 1. The Morgan fingerprint density at radius 3 is 1.03 bits per heavy atom. The van der Waals surface area contributed by atoms with E-state index < -0.39 is 20.0 Å². The number of allylic oxidation sites excluding steroid dienone is 16. The maximum atomic E-state index is 13.1. The van der Waals surface area contributed by atoms with E-state index in [4.69, 9.17) is 9.05 Å². The molecule has 3 atom stereocenters. The van der Waals surface area contributed by atoms with Gasteiger partial charge in [0.2, 0.25) is 5.91 Å². The topological polar surface area (TPSA) is 108 Å². The number of unbranched alkanes of at least 4 members (excludes halogenated alkanes) is 38. The standard InChI is InChI=1S/C77H141N2O6P/c1-6-8-10-12-14-16-18-20-22-24-26-28-30-32-34-36-37-38-39-40-41-43-45-47-49-51-53-55-57-59-61-63-65-67-69-71-77(81)78-75(74-85-86(82,83)84-73-72-79(3,4)5)76(80)70-68-66-64-62-60-58-56-54-52-50-48-46-44-42-35-33-31-29-27-25-23-21-19-17-15-13-11-9-7-2/h8,10,14,16,20,22,26,28,32,34,37-38,40-41,45,47,75-76,80H,6-7,9,11-13,15,17-19,21,23-25,27,29-31,33,35-36,39,42-44,46,48-74H2,1-5H3,(H-,78,81,82,83)/b10-8-,16-14-,22-20-,28-26-,34-32-,38-37-,41-40-,47-45-. The summed E-state index contributed by atoms with van der Waals surface area (Å²) >= 11 is 0. The smallest absolute Gasteiger partial charge is 0.268 e. The highest BCUT2D eigenvalue weighted by Gasteiger charge is 2.24. The number of quaternary nitrogens is 1. The van der Waals surface area contributed by atoms with Crippen LogP contribution in [0.2, 0.25) is 0 Å². The van der Waals surface area contributed by atoms with Gasteiger partial charge in [-0.05, 0) is 77.0 Å². The van der Waals surface area contributed by atoms with Crippen LogP contribution < -0.4 is 10.2 Å². The molecule has 9 heteroatoms. The van der Waals surface area contributed by atoms with E-state index in [0.717, 1.165) is 96.3 Å². The lowest BCUT2D eigenvalue weighted by molar-refractivity contribution is -0.870. The van der Waals surface area contributed by atoms with Crippen LogP contribution in [-0.2, 0) is 18.4 Å². The molecule has 0 aromatic rings. The number of rotatable bonds is 67. The van der Waals surface area contributed by atoms with E-state index in [0.29, 0.717) is 23.9 Å². The predicted molar refractivity (Wildman–Crippen MR) is 376 cm³/mol. The van der Waals surface area contributed by atoms with Crippen molar-refractivity contribution in [3.8, 4) is 0 Å². The molecular weight excluding hydrogens is 1080 g/mol. The number of phosphoric ester groups is 1. The molecule has 0 radical (unpaired) electrons. The minimum Gasteiger partial charge on any atom is -0.756 e. The third-order valence-corrected chi connectivity index (χ3v) is 17.3. The maximum Gasteiger partial charge on any atom is 0.268 e. The zero-order valence-electron chi connectivity index (χ0n) is 57.3. The summed E-state index contributed by atoms with van der Waals surface area (Å²) in [6.07, 6.45) is 96.3. The quantitative estimate of drug-likeness (QED) is 0.0272. The van der Waals surface area contributed by atoms with Gasteiger partial charge in [-0.3, -0.25) is 9.36 Å². The number of likely N-dealkylation sites (N-methyl/N-ethyl adjacent to an activating group) is 1. The van der Waals surface area contributed by atoms with Gasteiger partial charge < -0.3 is 28.8 Å². The first-order valence-electron chi connectivity index (χ1n) is 36.6. The Labute approximate surface area is 534 Å². The van der Waals surface area contributed by atoms with Crippen LogP contribution in [0.4, 0.5) is 0 Å². The minimum absolute atomic E-state index is 0.00805. The lowest BCUT2D eigenvalue weighted by Crippen LogP contribution is -2.46. The molecule has 0 saturated heterocycles. The third kappa shape index (κ3) is 68.9. The molecule has 8 nitrogen and oxygen atoms in total. The highest BCUT2D eigenvalue weighted by Crippen LogP contribution is 2.38. The van der Waals surface area contributed by atoms with Gasteiger partial charge in [0.15, 0.2) is 0 Å². The monoisotopic (exact) mass is 1220 g/mol. The van der Waals surface area contributed by atoms with Crippen molar-refractivity contribution < 1.29 is 32.9 Å². The first-order chi connectivity index (χ1) is 42.0. The fourth-order valence-electron chi connectivity index (χ4n) is 10.7. The molecule has 0 aliphatic heterocycles. The van der Waals surface area contributed by atoms with Crippen molar-refractivity contribution in [2.75, 3.05) is 40.9 Å². The number of aliphatic hydroxyl groups excluding tert-OH is 1. The van der Waals surface area contributed by atoms with Crippen molar-refractivity contribution >= 4 is 13.7 Å². The molecule has 0 aliphatic carbocycles. The van der Waals surface area contributed by atoms with Crippen LogP contribution in [-0.4, -0.2) is 68.5 Å². The van der Waals surface area contributed by atoms with Gasteiger partial charge in [0.25, 0.3) is 7.82 Å². The second kappa shape index (κ2) is 66.8. The van der Waals surface area contributed by atoms with Crippen LogP contribution in [0.3, 0.4) is 0 Å². The highest BCUT2D eigenvalue weighted by atomic mass is 31.2. The molecule has 86 heavy (non-hydrogen) atoms. The van der Waals surface area contributed by atoms with Crippen LogP contribution in [0.15, 0.2) is 97.2 Å². The van der Waals surface area contributed by atoms with Gasteiger partial charge >= 0.3 is 0 Å². The average Bonchev–Trinajstić information content (AvgIpc) is 3.70. The number of aliphatic hydroxyl groups is 1. The van der Waals surface area contributed by atoms with Crippen LogP contribution in [0.5, 0.6) is 0 Å². The summed E-state index contributed by atoms with van der Waals surface area (Å²) in [5.41, 5.74) is 0. The fourth-order valence-corrected chi connectivity index (χ4v) is 11.4. The summed E-state index contributed by atoms with van der Waals surface area (Å²) < 4.78 is 23.6. The average molecular weight is 1220 g/mol. The van der Waals surface area contributed by atoms with Gasteiger partial charge in [-0.2, -0.15) is 0 Å². The van der Waals surface area contributed by atoms with Gasteiger partial charge in [-0.15, -0.1) is 0 Å². The SMILES string of the molecule is CC/C=C\C/C=C\C/C=C\C/C=C\C/C=C\C/C=C\C/C=C\C/C=C\CCCCCCCCCCCCC(=O)NC(COP(=O)([O-])OCC[N+](C)(C)C)C(O)CCCCCCCCCCCCCCCCCCCCCCCCCCCCCCC. The summed E-state index contributed by atoms with van der Waals surface area (Å²) in [5, 5.41) is 14.1. The van der Waals surface area contributed by atoms with Crippen molar-refractivity contribution in [1.82, 2.24) is 5.32 Å². The molecule has 0 heterocycles. The van der Waals surface area contributed by atoms with E-state index >= 15 is 0 Å². The summed E-state index contributed by atoms with van der Waals surface area (Å²) in [6.45, 7) is 4.64. The molecule has 3 unspecified atom stereocenters. The molecule has 0 spiro atoms. The van der Waals surface area contributed by atoms with Crippen molar-refractivity contribution in [1.29, 1.82) is 0 Å². The number of nitrogens with one attached hydrogen (secondary N) is 1. The Balaban J connectivity index is 4.06. The molecule has 0 bridgehead atoms. The number of hydrogen-bond acceptors (Lipinski definition) is 6. The Morgan fingerprint density at radius 2 is 0.709 bits per heavy atom. The normalized spacial score (nSPS) is 14.2. The lowest BCUT2D eigenvalue weighted by atomic mass is 10.0. The van der Waals surface area contributed by atoms with Gasteiger partial charge in [0.1, 0.15) is 13.2 Å². The van der Waals surface area contributed by atoms with Crippen molar-refractivity contribution in [3.63, 3.8) is 0 Å². The van der Waals surface area contributed by atoms with Crippen LogP contribution in [0.1, 0.15) is 335 Å². The summed E-state index contributed by atoms with van der Waals surface area (Å²) in [6, 6.07) is -0.811. The molecule has 0 aromatic carbocycles. The molecule has 0 aliphatic rings. The molecule has 2 N–H and O–H groups in total. The molecule has 0 aromatic heterocycles. The minimum atomic E-state index is -4.59. The number of hydrogen-bond donors (Lipinski definition) is 2. The van der Waals surface area contributed by atoms with Gasteiger partial charge in [0, 0.05) is 6.42 Å². The Hall–Kier alpha value is -2.58. The van der Waals surface area contributed by atoms with Crippen molar-refractivity contribution in [3.05, 3.63) is 97.2 Å². The van der Waals surface area contributed by atoms with Gasteiger partial charge in [-0.25, -0.2) is 0 Å². The first-order valence-corrected chi connectivity index (χ1v) is 38.0. The molecule has 500 valence electrons. The number of amides is 1. The molecule has 0 fully saturated rings. The van der Waals surface area contributed by atoms with Gasteiger partial charge in [-0.1, -0.05) is 349 Å². The second-order valence-electron chi connectivity index (χ2n) is 25.9. The number of carbonyl (C=O) groups is 1. The Kier molecular flexibility index (Phi) is 64.8. The van der Waals surface area contributed by atoms with E-state index in [-0.39, 0.29) is 19.1 Å². The Morgan fingerprint density at radius 1 is 0.419 bits per heavy atom. The fraction of sp³-hybridized carbons (Fsp3) is 0.779. The van der Waals surface area contributed by atoms with Crippen LogP contribution >= 0.6 is 7.82 Å². The molecule has 1 amide bonds. The predicted octanol–water partition coefficient (Wildman–Crippen LogP) is 23.0.